The monoisotopic (exact) mass is 344 g/mol. The molecule has 136 valence electrons. The van der Waals surface area contributed by atoms with E-state index in [4.69, 9.17) is 5.11 Å². The Morgan fingerprint density at radius 3 is 2.64 bits per heavy atom. The molecule has 25 heavy (non-hydrogen) atoms. The smallest absolute Gasteiger partial charge is 0.306 e. The van der Waals surface area contributed by atoms with Crippen LogP contribution in [0.3, 0.4) is 0 Å². The quantitative estimate of drug-likeness (QED) is 0.862. The van der Waals surface area contributed by atoms with Gasteiger partial charge in [0.25, 0.3) is 0 Å². The minimum Gasteiger partial charge on any atom is -0.481 e. The molecule has 5 heteroatoms. The molecule has 1 aromatic rings. The summed E-state index contributed by atoms with van der Waals surface area (Å²) >= 11 is 0. The molecule has 1 N–H and O–H groups in total. The van der Waals surface area contributed by atoms with Gasteiger partial charge in [-0.15, -0.1) is 0 Å². The van der Waals surface area contributed by atoms with Gasteiger partial charge in [0.15, 0.2) is 0 Å². The molecule has 0 aliphatic carbocycles. The predicted octanol–water partition coefficient (Wildman–Crippen LogP) is 2.71. The highest BCUT2D eigenvalue weighted by molar-refractivity contribution is 5.95. The number of carboxylic acid groups (broad SMARTS) is 1. The number of aliphatic carboxylic acids is 1. The number of carbonyl (C=O) groups excluding carboxylic acids is 1. The first kappa shape index (κ1) is 17.9. The van der Waals surface area contributed by atoms with Crippen molar-refractivity contribution in [2.45, 2.75) is 45.4 Å². The second-order valence-corrected chi connectivity index (χ2v) is 7.21. The minimum atomic E-state index is -0.652. The lowest BCUT2D eigenvalue weighted by Gasteiger charge is -2.30. The fraction of sp³-hybridized carbons (Fsp3) is 0.600. The summed E-state index contributed by atoms with van der Waals surface area (Å²) < 4.78 is 0. The Hall–Kier alpha value is -1.88. The highest BCUT2D eigenvalue weighted by Gasteiger charge is 2.25. The Kier molecular flexibility index (Phi) is 5.74. The van der Waals surface area contributed by atoms with Crippen molar-refractivity contribution < 1.29 is 14.7 Å². The lowest BCUT2D eigenvalue weighted by molar-refractivity contribution is -0.143. The predicted molar refractivity (Wildman–Crippen MR) is 97.9 cm³/mol. The van der Waals surface area contributed by atoms with Gasteiger partial charge in [0.1, 0.15) is 0 Å². The van der Waals surface area contributed by atoms with E-state index in [9.17, 15) is 9.59 Å². The molecule has 3 rings (SSSR count). The molecule has 0 saturated carbocycles. The van der Waals surface area contributed by atoms with Crippen LogP contribution in [0.4, 0.5) is 5.69 Å². The SMILES string of the molecule is CCCC(=O)N1CCc2cc(CCN3CCC(C(=O)O)CC3)ccc21. The number of anilines is 1. The number of fused-ring (bicyclic) bond motifs is 1. The molecule has 0 radical (unpaired) electrons. The Morgan fingerprint density at radius 2 is 1.96 bits per heavy atom. The zero-order chi connectivity index (χ0) is 17.8. The average molecular weight is 344 g/mol. The van der Waals surface area contributed by atoms with Gasteiger partial charge < -0.3 is 14.9 Å². The number of hydrogen-bond donors (Lipinski definition) is 1. The summed E-state index contributed by atoms with van der Waals surface area (Å²) in [6, 6.07) is 6.49. The third-order valence-corrected chi connectivity index (χ3v) is 5.46. The van der Waals surface area contributed by atoms with Crippen molar-refractivity contribution in [1.29, 1.82) is 0 Å². The summed E-state index contributed by atoms with van der Waals surface area (Å²) in [7, 11) is 0. The first-order valence-corrected chi connectivity index (χ1v) is 9.45. The van der Waals surface area contributed by atoms with E-state index >= 15 is 0 Å². The van der Waals surface area contributed by atoms with Crippen molar-refractivity contribution in [1.82, 2.24) is 4.90 Å². The van der Waals surface area contributed by atoms with Gasteiger partial charge >= 0.3 is 5.97 Å². The number of hydrogen-bond acceptors (Lipinski definition) is 3. The molecule has 2 aliphatic heterocycles. The van der Waals surface area contributed by atoms with Gasteiger partial charge in [-0.3, -0.25) is 9.59 Å². The molecule has 0 unspecified atom stereocenters. The number of benzene rings is 1. The number of rotatable bonds is 6. The first-order chi connectivity index (χ1) is 12.1. The van der Waals surface area contributed by atoms with E-state index < -0.39 is 5.97 Å². The van der Waals surface area contributed by atoms with E-state index in [2.05, 4.69) is 23.1 Å². The molecule has 2 heterocycles. The summed E-state index contributed by atoms with van der Waals surface area (Å²) in [6.07, 6.45) is 4.95. The van der Waals surface area contributed by atoms with Gasteiger partial charge in [-0.05, 0) is 62.4 Å². The van der Waals surface area contributed by atoms with Gasteiger partial charge in [0.05, 0.1) is 5.92 Å². The maximum absolute atomic E-state index is 12.2. The van der Waals surface area contributed by atoms with Crippen LogP contribution in [0, 0.1) is 5.92 Å². The number of nitrogens with zero attached hydrogens (tertiary/aromatic N) is 2. The Balaban J connectivity index is 1.54. The Labute approximate surface area is 149 Å². The van der Waals surface area contributed by atoms with E-state index in [0.29, 0.717) is 6.42 Å². The largest absolute Gasteiger partial charge is 0.481 e. The molecule has 1 saturated heterocycles. The molecular weight excluding hydrogens is 316 g/mol. The maximum atomic E-state index is 12.2. The summed E-state index contributed by atoms with van der Waals surface area (Å²) in [5.74, 6) is -0.585. The third kappa shape index (κ3) is 4.21. The highest BCUT2D eigenvalue weighted by Crippen LogP contribution is 2.30. The van der Waals surface area contributed by atoms with Crippen molar-refractivity contribution >= 4 is 17.6 Å². The molecular formula is C20H28N2O3. The van der Waals surface area contributed by atoms with Crippen LogP contribution in [0.25, 0.3) is 0 Å². The summed E-state index contributed by atoms with van der Waals surface area (Å²) in [6.45, 7) is 5.57. The van der Waals surface area contributed by atoms with Gasteiger partial charge in [-0.2, -0.15) is 0 Å². The molecule has 0 atom stereocenters. The van der Waals surface area contributed by atoms with Crippen LogP contribution in [0.15, 0.2) is 18.2 Å². The zero-order valence-corrected chi connectivity index (χ0v) is 15.0. The fourth-order valence-electron chi connectivity index (χ4n) is 3.91. The van der Waals surface area contributed by atoms with Crippen LogP contribution < -0.4 is 4.90 Å². The minimum absolute atomic E-state index is 0.164. The van der Waals surface area contributed by atoms with Crippen LogP contribution in [-0.4, -0.2) is 48.1 Å². The van der Waals surface area contributed by atoms with Crippen LogP contribution in [0.5, 0.6) is 0 Å². The zero-order valence-electron chi connectivity index (χ0n) is 15.0. The maximum Gasteiger partial charge on any atom is 0.306 e. The molecule has 2 aliphatic rings. The summed E-state index contributed by atoms with van der Waals surface area (Å²) in [5, 5.41) is 9.07. The number of piperidine rings is 1. The molecule has 5 nitrogen and oxygen atoms in total. The molecule has 1 amide bonds. The van der Waals surface area contributed by atoms with E-state index in [1.54, 1.807) is 0 Å². The van der Waals surface area contributed by atoms with Gasteiger partial charge in [0.2, 0.25) is 5.91 Å². The van der Waals surface area contributed by atoms with Gasteiger partial charge in [0, 0.05) is 25.2 Å². The van der Waals surface area contributed by atoms with Crippen LogP contribution in [0.1, 0.15) is 43.7 Å². The first-order valence-electron chi connectivity index (χ1n) is 9.45. The number of carboxylic acids is 1. The summed E-state index contributed by atoms with van der Waals surface area (Å²) in [5.41, 5.74) is 3.68. The average Bonchev–Trinajstić information content (AvgIpc) is 3.04. The van der Waals surface area contributed by atoms with E-state index in [0.717, 1.165) is 64.0 Å². The highest BCUT2D eigenvalue weighted by atomic mass is 16.4. The van der Waals surface area contributed by atoms with E-state index in [-0.39, 0.29) is 11.8 Å². The van der Waals surface area contributed by atoms with Crippen LogP contribution in [-0.2, 0) is 22.4 Å². The lowest BCUT2D eigenvalue weighted by atomic mass is 9.96. The third-order valence-electron chi connectivity index (χ3n) is 5.46. The summed E-state index contributed by atoms with van der Waals surface area (Å²) in [4.78, 5) is 27.5. The number of carbonyl (C=O) groups is 2. The van der Waals surface area contributed by atoms with Crippen molar-refractivity contribution in [2.24, 2.45) is 5.92 Å². The van der Waals surface area contributed by atoms with Crippen LogP contribution in [0.2, 0.25) is 0 Å². The Bertz CT molecular complexity index is 636. The van der Waals surface area contributed by atoms with Crippen molar-refractivity contribution in [3.8, 4) is 0 Å². The molecule has 0 bridgehead atoms. The van der Waals surface area contributed by atoms with E-state index in [1.807, 2.05) is 11.8 Å². The molecule has 1 aromatic carbocycles. The number of likely N-dealkylation sites (tertiary alicyclic amines) is 1. The number of amides is 1. The Morgan fingerprint density at radius 1 is 1.20 bits per heavy atom. The van der Waals surface area contributed by atoms with Crippen molar-refractivity contribution in [3.05, 3.63) is 29.3 Å². The molecule has 0 spiro atoms. The van der Waals surface area contributed by atoms with Crippen molar-refractivity contribution in [2.75, 3.05) is 31.1 Å². The van der Waals surface area contributed by atoms with Gasteiger partial charge in [-0.1, -0.05) is 19.1 Å². The second-order valence-electron chi connectivity index (χ2n) is 7.21. The van der Waals surface area contributed by atoms with Gasteiger partial charge in [-0.25, -0.2) is 0 Å². The van der Waals surface area contributed by atoms with Crippen molar-refractivity contribution in [3.63, 3.8) is 0 Å². The second kappa shape index (κ2) is 8.00. The lowest BCUT2D eigenvalue weighted by Crippen LogP contribution is -2.37. The fourth-order valence-corrected chi connectivity index (χ4v) is 3.91. The molecule has 0 aromatic heterocycles. The topological polar surface area (TPSA) is 60.9 Å². The standard InChI is InChI=1S/C20H28N2O3/c1-2-3-19(23)22-13-9-17-14-15(4-5-18(17)22)6-10-21-11-7-16(8-12-21)20(24)25/h4-5,14,16H,2-3,6-13H2,1H3,(H,24,25). The molecule has 1 fully saturated rings. The van der Waals surface area contributed by atoms with E-state index in [1.165, 1.54) is 11.1 Å². The normalized spacial score (nSPS) is 18.4. The van der Waals surface area contributed by atoms with Crippen LogP contribution >= 0.6 is 0 Å².